The zero-order chi connectivity index (χ0) is 9.97. The van der Waals surface area contributed by atoms with Crippen LogP contribution < -0.4 is 11.1 Å². The number of benzene rings is 2. The SMILES string of the molecule is NC(=S)Nc1cccc2ccccc12.S.[Na]. The van der Waals surface area contributed by atoms with E-state index in [2.05, 4.69) is 17.4 Å². The van der Waals surface area contributed by atoms with E-state index < -0.39 is 0 Å². The minimum absolute atomic E-state index is 0. The molecule has 5 heteroatoms. The summed E-state index contributed by atoms with van der Waals surface area (Å²) >= 11 is 4.81. The van der Waals surface area contributed by atoms with E-state index in [1.54, 1.807) is 0 Å². The van der Waals surface area contributed by atoms with Crippen molar-refractivity contribution in [2.75, 3.05) is 5.32 Å². The van der Waals surface area contributed by atoms with Gasteiger partial charge in [-0.3, -0.25) is 0 Å². The fourth-order valence-corrected chi connectivity index (χ4v) is 1.58. The maximum Gasteiger partial charge on any atom is 0.168 e. The molecule has 0 aliphatic carbocycles. The van der Waals surface area contributed by atoms with Gasteiger partial charge >= 0.3 is 0 Å². The van der Waals surface area contributed by atoms with Crippen LogP contribution in [0.1, 0.15) is 0 Å². The second kappa shape index (κ2) is 7.14. The van der Waals surface area contributed by atoms with E-state index in [-0.39, 0.29) is 43.1 Å². The van der Waals surface area contributed by atoms with Crippen LogP contribution in [-0.2, 0) is 0 Å². The molecule has 0 amide bonds. The van der Waals surface area contributed by atoms with Crippen molar-refractivity contribution >= 4 is 76.8 Å². The number of nitrogens with two attached hydrogens (primary N) is 1. The maximum atomic E-state index is 5.44. The van der Waals surface area contributed by atoms with Gasteiger partial charge in [-0.05, 0) is 23.7 Å². The summed E-state index contributed by atoms with van der Waals surface area (Å²) in [6, 6.07) is 14.1. The normalized spacial score (nSPS) is 8.75. The molecule has 16 heavy (non-hydrogen) atoms. The molecule has 0 aliphatic heterocycles. The van der Waals surface area contributed by atoms with Crippen LogP contribution in [0.2, 0.25) is 0 Å². The first kappa shape index (κ1) is 15.7. The molecule has 2 aromatic carbocycles. The molecule has 0 heterocycles. The molecule has 0 spiro atoms. The van der Waals surface area contributed by atoms with Gasteiger partial charge in [0.05, 0.1) is 0 Å². The standard InChI is InChI=1S/C11H10N2S.Na.H2S/c12-11(14)13-10-7-3-5-8-4-1-2-6-9(8)10;;/h1-7H,(H3,12,13,14);;1H2. The predicted molar refractivity (Wildman–Crippen MR) is 80.5 cm³/mol. The Kier molecular flexibility index (Phi) is 7.03. The van der Waals surface area contributed by atoms with E-state index in [1.165, 1.54) is 5.39 Å². The molecule has 79 valence electrons. The second-order valence-corrected chi connectivity index (χ2v) is 3.46. The summed E-state index contributed by atoms with van der Waals surface area (Å²) in [6.45, 7) is 0. The van der Waals surface area contributed by atoms with Crippen molar-refractivity contribution in [2.45, 2.75) is 0 Å². The smallest absolute Gasteiger partial charge is 0.168 e. The molecule has 3 N–H and O–H groups in total. The molecule has 0 saturated carbocycles. The van der Waals surface area contributed by atoms with Crippen LogP contribution >= 0.6 is 25.7 Å². The Morgan fingerprint density at radius 3 is 2.38 bits per heavy atom. The van der Waals surface area contributed by atoms with Crippen LogP contribution in [0.5, 0.6) is 0 Å². The van der Waals surface area contributed by atoms with Crippen molar-refractivity contribution in [3.05, 3.63) is 42.5 Å². The second-order valence-electron chi connectivity index (χ2n) is 3.02. The molecule has 2 aromatic rings. The van der Waals surface area contributed by atoms with Crippen molar-refractivity contribution in [1.82, 2.24) is 0 Å². The van der Waals surface area contributed by atoms with Gasteiger partial charge in [-0.15, -0.1) is 0 Å². The molecule has 0 unspecified atom stereocenters. The fraction of sp³-hybridized carbons (Fsp3) is 0. The largest absolute Gasteiger partial charge is 0.376 e. The summed E-state index contributed by atoms with van der Waals surface area (Å²) in [4.78, 5) is 0. The van der Waals surface area contributed by atoms with E-state index in [4.69, 9.17) is 18.0 Å². The van der Waals surface area contributed by atoms with E-state index in [1.807, 2.05) is 30.3 Å². The van der Waals surface area contributed by atoms with Crippen LogP contribution in [0.4, 0.5) is 5.69 Å². The van der Waals surface area contributed by atoms with Crippen LogP contribution in [-0.4, -0.2) is 34.7 Å². The third-order valence-corrected chi connectivity index (χ3v) is 2.15. The maximum absolute atomic E-state index is 5.44. The average Bonchev–Trinajstić information content (AvgIpc) is 2.18. The Labute approximate surface area is 129 Å². The number of hydrogen-bond donors (Lipinski definition) is 2. The van der Waals surface area contributed by atoms with Crippen LogP contribution in [0, 0.1) is 0 Å². The third kappa shape index (κ3) is 3.64. The van der Waals surface area contributed by atoms with Crippen molar-refractivity contribution in [3.63, 3.8) is 0 Å². The van der Waals surface area contributed by atoms with Crippen molar-refractivity contribution in [2.24, 2.45) is 5.73 Å². The summed E-state index contributed by atoms with van der Waals surface area (Å²) in [5.74, 6) is 0. The Balaban J connectivity index is 0.00000112. The molecular formula is C11H12N2NaS2. The van der Waals surface area contributed by atoms with Crippen LogP contribution in [0.15, 0.2) is 42.5 Å². The minimum atomic E-state index is 0. The Morgan fingerprint density at radius 1 is 1.06 bits per heavy atom. The number of hydrogen-bond acceptors (Lipinski definition) is 1. The zero-order valence-electron chi connectivity index (χ0n) is 9.03. The first-order chi connectivity index (χ1) is 6.77. The van der Waals surface area contributed by atoms with Gasteiger partial charge in [0.2, 0.25) is 0 Å². The Hall–Kier alpha value is -0.260. The van der Waals surface area contributed by atoms with Crippen molar-refractivity contribution in [1.29, 1.82) is 0 Å². The van der Waals surface area contributed by atoms with E-state index in [0.29, 0.717) is 5.11 Å². The van der Waals surface area contributed by atoms with Gasteiger partial charge < -0.3 is 11.1 Å². The first-order valence-electron chi connectivity index (χ1n) is 4.31. The summed E-state index contributed by atoms with van der Waals surface area (Å²) < 4.78 is 0. The fourth-order valence-electron chi connectivity index (χ4n) is 1.47. The molecule has 0 saturated heterocycles. The van der Waals surface area contributed by atoms with Gasteiger partial charge in [0.15, 0.2) is 5.11 Å². The summed E-state index contributed by atoms with van der Waals surface area (Å²) in [6.07, 6.45) is 0. The van der Waals surface area contributed by atoms with E-state index in [0.717, 1.165) is 11.1 Å². The number of fused-ring (bicyclic) bond motifs is 1. The molecule has 0 atom stereocenters. The number of anilines is 1. The van der Waals surface area contributed by atoms with Gasteiger partial charge in [0.25, 0.3) is 0 Å². The molecular weight excluding hydrogens is 247 g/mol. The Morgan fingerprint density at radius 2 is 1.69 bits per heavy atom. The monoisotopic (exact) mass is 259 g/mol. The zero-order valence-corrected chi connectivity index (χ0v) is 12.8. The Bertz CT molecular complexity index is 483. The molecule has 0 aliphatic rings. The van der Waals surface area contributed by atoms with Crippen molar-refractivity contribution in [3.8, 4) is 0 Å². The predicted octanol–water partition coefficient (Wildman–Crippen LogP) is 2.23. The molecule has 1 radical (unpaired) electrons. The van der Waals surface area contributed by atoms with Gasteiger partial charge in [-0.2, -0.15) is 13.5 Å². The summed E-state index contributed by atoms with van der Waals surface area (Å²) in [7, 11) is 0. The number of rotatable bonds is 1. The van der Waals surface area contributed by atoms with Crippen LogP contribution in [0.3, 0.4) is 0 Å². The summed E-state index contributed by atoms with van der Waals surface area (Å²) in [5.41, 5.74) is 6.39. The van der Waals surface area contributed by atoms with E-state index >= 15 is 0 Å². The topological polar surface area (TPSA) is 38.0 Å². The average molecular weight is 259 g/mol. The number of nitrogens with one attached hydrogen (secondary N) is 1. The molecule has 0 bridgehead atoms. The quantitative estimate of drug-likeness (QED) is 0.609. The van der Waals surface area contributed by atoms with Gasteiger partial charge in [0.1, 0.15) is 0 Å². The molecule has 2 nitrogen and oxygen atoms in total. The van der Waals surface area contributed by atoms with E-state index in [9.17, 15) is 0 Å². The molecule has 0 aromatic heterocycles. The molecule has 0 fully saturated rings. The van der Waals surface area contributed by atoms with Gasteiger partial charge in [0, 0.05) is 40.6 Å². The summed E-state index contributed by atoms with van der Waals surface area (Å²) in [5, 5.41) is 5.55. The third-order valence-electron chi connectivity index (χ3n) is 2.05. The van der Waals surface area contributed by atoms with Gasteiger partial charge in [-0.25, -0.2) is 0 Å². The number of thiocarbonyl (C=S) groups is 1. The van der Waals surface area contributed by atoms with Crippen LogP contribution in [0.25, 0.3) is 10.8 Å². The minimum Gasteiger partial charge on any atom is -0.376 e. The molecule has 2 rings (SSSR count). The van der Waals surface area contributed by atoms with Gasteiger partial charge in [-0.1, -0.05) is 36.4 Å². The first-order valence-corrected chi connectivity index (χ1v) is 4.72. The van der Waals surface area contributed by atoms with Crippen molar-refractivity contribution < 1.29 is 0 Å².